The number of allylic oxidation sites excluding steroid dienone is 1. The van der Waals surface area contributed by atoms with E-state index in [-0.39, 0.29) is 16.9 Å². The molecule has 0 aliphatic carbocycles. The molecule has 0 atom stereocenters. The number of esters is 1. The number of carbonyl (C=O) groups is 1. The molecule has 0 heterocycles. The zero-order valence-electron chi connectivity index (χ0n) is 17.5. The van der Waals surface area contributed by atoms with Crippen molar-refractivity contribution in [2.75, 3.05) is 0 Å². The minimum absolute atomic E-state index is 0.0896. The van der Waals surface area contributed by atoms with E-state index in [2.05, 4.69) is 5.32 Å². The number of hydrogen-bond donors (Lipinski definition) is 2. The average molecular weight is 380 g/mol. The van der Waals surface area contributed by atoms with Gasteiger partial charge in [0.2, 0.25) is 0 Å². The topological polar surface area (TPSA) is 58.6 Å². The van der Waals surface area contributed by atoms with Gasteiger partial charge in [-0.05, 0) is 59.2 Å². The Morgan fingerprint density at radius 3 is 2.04 bits per heavy atom. The molecule has 148 valence electrons. The maximum atomic E-state index is 12.5. The van der Waals surface area contributed by atoms with E-state index in [1.165, 1.54) is 0 Å². The molecule has 0 aliphatic heterocycles. The number of carbonyl (C=O) groups excluding carboxylic acids is 1. The van der Waals surface area contributed by atoms with Gasteiger partial charge in [-0.15, -0.1) is 0 Å². The van der Waals surface area contributed by atoms with Crippen LogP contribution in [0.2, 0.25) is 0 Å². The fourth-order valence-electron chi connectivity index (χ4n) is 2.65. The third-order valence-electron chi connectivity index (χ3n) is 4.19. The zero-order chi connectivity index (χ0) is 20.9. The van der Waals surface area contributed by atoms with Gasteiger partial charge in [0.25, 0.3) is 0 Å². The van der Waals surface area contributed by atoms with Gasteiger partial charge in [-0.2, -0.15) is 0 Å². The molecule has 2 aromatic rings. The van der Waals surface area contributed by atoms with Crippen molar-refractivity contribution < 1.29 is 14.6 Å². The maximum Gasteiger partial charge on any atom is 0.342 e. The van der Waals surface area contributed by atoms with Crippen molar-refractivity contribution in [1.82, 2.24) is 5.32 Å². The first-order chi connectivity index (χ1) is 13.1. The fourth-order valence-corrected chi connectivity index (χ4v) is 2.65. The van der Waals surface area contributed by atoms with Gasteiger partial charge >= 0.3 is 5.97 Å². The summed E-state index contributed by atoms with van der Waals surface area (Å²) in [4.78, 5) is 12.5. The van der Waals surface area contributed by atoms with Crippen molar-refractivity contribution in [3.05, 3.63) is 82.6 Å². The van der Waals surface area contributed by atoms with Crippen molar-refractivity contribution in [2.45, 2.75) is 47.1 Å². The smallest absolute Gasteiger partial charge is 0.342 e. The van der Waals surface area contributed by atoms with E-state index >= 15 is 0 Å². The third kappa shape index (κ3) is 5.74. The van der Waals surface area contributed by atoms with Crippen LogP contribution in [0, 0.1) is 6.92 Å². The lowest BCUT2D eigenvalue weighted by Crippen LogP contribution is -2.35. The summed E-state index contributed by atoms with van der Waals surface area (Å²) in [6, 6.07) is 16.8. The quantitative estimate of drug-likeness (QED) is 0.235. The Bertz CT molecular complexity index is 886. The van der Waals surface area contributed by atoms with Crippen LogP contribution in [0.1, 0.15) is 45.7 Å². The Kier molecular flexibility index (Phi) is 6.68. The third-order valence-corrected chi connectivity index (χ3v) is 4.19. The molecule has 0 fully saturated rings. The number of ether oxygens (including phenoxy) is 1. The first-order valence-corrected chi connectivity index (χ1v) is 9.32. The first-order valence-electron chi connectivity index (χ1n) is 9.32. The molecule has 28 heavy (non-hydrogen) atoms. The molecular weight excluding hydrogens is 350 g/mol. The number of benzene rings is 2. The molecule has 2 N–H and O–H groups in total. The summed E-state index contributed by atoms with van der Waals surface area (Å²) in [6.07, 6.45) is 0. The number of rotatable bonds is 5. The molecule has 0 aliphatic rings. The lowest BCUT2D eigenvalue weighted by Gasteiger charge is -2.26. The van der Waals surface area contributed by atoms with Gasteiger partial charge in [0.1, 0.15) is 11.5 Å². The van der Waals surface area contributed by atoms with Crippen LogP contribution in [0.3, 0.4) is 0 Å². The van der Waals surface area contributed by atoms with Crippen LogP contribution in [0.25, 0.3) is 5.70 Å². The van der Waals surface area contributed by atoms with E-state index in [1.807, 2.05) is 58.0 Å². The first kappa shape index (κ1) is 21.3. The molecule has 4 heteroatoms. The summed E-state index contributed by atoms with van der Waals surface area (Å²) in [5.41, 5.74) is 3.38. The van der Waals surface area contributed by atoms with Gasteiger partial charge in [-0.3, -0.25) is 0 Å². The lowest BCUT2D eigenvalue weighted by atomic mass is 9.99. The van der Waals surface area contributed by atoms with Gasteiger partial charge in [-0.25, -0.2) is 4.79 Å². The molecule has 0 aromatic heterocycles. The maximum absolute atomic E-state index is 12.5. The second-order valence-electron chi connectivity index (χ2n) is 7.92. The summed E-state index contributed by atoms with van der Waals surface area (Å²) < 4.78 is 5.35. The molecular formula is C24H29NO3. The van der Waals surface area contributed by atoms with E-state index < -0.39 is 5.97 Å². The lowest BCUT2D eigenvalue weighted by molar-refractivity contribution is -0.130. The SMILES string of the molecule is C/C(C(=O)Oc1ccccc1)=C(O)\C(C)=C(/NC(C)(C)C)c1ccc(C)cc1. The molecule has 4 nitrogen and oxygen atoms in total. The monoisotopic (exact) mass is 379 g/mol. The molecule has 2 rings (SSSR count). The summed E-state index contributed by atoms with van der Waals surface area (Å²) in [6.45, 7) is 11.5. The minimum Gasteiger partial charge on any atom is -0.507 e. The number of aliphatic hydroxyl groups is 1. The second kappa shape index (κ2) is 8.79. The second-order valence-corrected chi connectivity index (χ2v) is 7.92. The van der Waals surface area contributed by atoms with Crippen LogP contribution < -0.4 is 10.1 Å². The van der Waals surface area contributed by atoms with Gasteiger partial charge in [0.05, 0.1) is 5.57 Å². The number of aryl methyl sites for hydroxylation is 1. The van der Waals surface area contributed by atoms with Crippen LogP contribution in [-0.2, 0) is 4.79 Å². The van der Waals surface area contributed by atoms with E-state index in [9.17, 15) is 9.90 Å². The number of para-hydroxylation sites is 1. The molecule has 0 unspecified atom stereocenters. The molecule has 0 amide bonds. The van der Waals surface area contributed by atoms with E-state index in [0.717, 1.165) is 16.8 Å². The molecule has 2 aromatic carbocycles. The molecule has 0 saturated carbocycles. The van der Waals surface area contributed by atoms with Crippen LogP contribution >= 0.6 is 0 Å². The largest absolute Gasteiger partial charge is 0.507 e. The highest BCUT2D eigenvalue weighted by Gasteiger charge is 2.20. The Morgan fingerprint density at radius 2 is 1.50 bits per heavy atom. The molecule has 0 spiro atoms. The van der Waals surface area contributed by atoms with Gasteiger partial charge in [0, 0.05) is 16.8 Å². The highest BCUT2D eigenvalue weighted by molar-refractivity contribution is 5.91. The van der Waals surface area contributed by atoms with Gasteiger partial charge < -0.3 is 15.2 Å². The average Bonchev–Trinajstić information content (AvgIpc) is 2.65. The molecule has 0 bridgehead atoms. The number of hydrogen-bond acceptors (Lipinski definition) is 4. The standard InChI is InChI=1S/C24H29NO3/c1-16-12-14-19(15-13-16)21(25-24(4,5)6)17(2)22(26)18(3)23(27)28-20-10-8-7-9-11-20/h7-15,25-26H,1-6H3/b21-17-,22-18-. The van der Waals surface area contributed by atoms with Crippen molar-refractivity contribution in [2.24, 2.45) is 0 Å². The van der Waals surface area contributed by atoms with Crippen molar-refractivity contribution >= 4 is 11.7 Å². The number of aliphatic hydroxyl groups excluding tert-OH is 1. The summed E-state index contributed by atoms with van der Waals surface area (Å²) in [7, 11) is 0. The Morgan fingerprint density at radius 1 is 0.929 bits per heavy atom. The van der Waals surface area contributed by atoms with E-state index in [0.29, 0.717) is 11.3 Å². The fraction of sp³-hybridized carbons (Fsp3) is 0.292. The van der Waals surface area contributed by atoms with Gasteiger partial charge in [-0.1, -0.05) is 48.0 Å². The molecule has 0 radical (unpaired) electrons. The van der Waals surface area contributed by atoms with E-state index in [4.69, 9.17) is 4.74 Å². The Balaban J connectivity index is 2.44. The zero-order valence-corrected chi connectivity index (χ0v) is 17.5. The summed E-state index contributed by atoms with van der Waals surface area (Å²) >= 11 is 0. The summed E-state index contributed by atoms with van der Waals surface area (Å²) in [5.74, 6) is -0.233. The van der Waals surface area contributed by atoms with Crippen LogP contribution in [0.15, 0.2) is 71.5 Å². The van der Waals surface area contributed by atoms with Gasteiger partial charge in [0.15, 0.2) is 0 Å². The highest BCUT2D eigenvalue weighted by Crippen LogP contribution is 2.25. The van der Waals surface area contributed by atoms with Crippen LogP contribution in [-0.4, -0.2) is 16.6 Å². The summed E-state index contributed by atoms with van der Waals surface area (Å²) in [5, 5.41) is 14.2. The van der Waals surface area contributed by atoms with Crippen LogP contribution in [0.4, 0.5) is 0 Å². The minimum atomic E-state index is -0.581. The highest BCUT2D eigenvalue weighted by atomic mass is 16.5. The normalized spacial score (nSPS) is 13.4. The Hall–Kier alpha value is -3.01. The predicted octanol–water partition coefficient (Wildman–Crippen LogP) is 5.55. The van der Waals surface area contributed by atoms with E-state index in [1.54, 1.807) is 38.1 Å². The van der Waals surface area contributed by atoms with Crippen molar-refractivity contribution in [3.63, 3.8) is 0 Å². The van der Waals surface area contributed by atoms with Crippen molar-refractivity contribution in [3.8, 4) is 5.75 Å². The Labute approximate surface area is 167 Å². The van der Waals surface area contributed by atoms with Crippen molar-refractivity contribution in [1.29, 1.82) is 0 Å². The number of nitrogens with one attached hydrogen (secondary N) is 1. The molecule has 0 saturated heterocycles. The van der Waals surface area contributed by atoms with Crippen LogP contribution in [0.5, 0.6) is 5.75 Å². The predicted molar refractivity (Wildman–Crippen MR) is 114 cm³/mol.